The van der Waals surface area contributed by atoms with Gasteiger partial charge in [-0.25, -0.2) is 4.39 Å². The lowest BCUT2D eigenvalue weighted by molar-refractivity contribution is 0.334. The van der Waals surface area contributed by atoms with Crippen LogP contribution < -0.4 is 5.32 Å². The molecule has 0 bridgehead atoms. The highest BCUT2D eigenvalue weighted by molar-refractivity contribution is 9.10. The lowest BCUT2D eigenvalue weighted by atomic mass is 10.2. The normalized spacial score (nSPS) is 10.8. The second-order valence-electron chi connectivity index (χ2n) is 4.77. The van der Waals surface area contributed by atoms with E-state index in [4.69, 9.17) is 0 Å². The van der Waals surface area contributed by atoms with Crippen LogP contribution in [0.5, 0.6) is 0 Å². The summed E-state index contributed by atoms with van der Waals surface area (Å²) >= 11 is 3.44. The number of halogens is 2. The van der Waals surface area contributed by atoms with E-state index in [-0.39, 0.29) is 5.82 Å². The Morgan fingerprint density at radius 3 is 2.70 bits per heavy atom. The molecule has 0 aliphatic carbocycles. The van der Waals surface area contributed by atoms with Gasteiger partial charge in [0.1, 0.15) is 5.82 Å². The number of rotatable bonds is 6. The summed E-state index contributed by atoms with van der Waals surface area (Å²) in [5.41, 5.74) is 1.82. The summed E-state index contributed by atoms with van der Waals surface area (Å²) in [4.78, 5) is 2.10. The molecule has 0 amide bonds. The van der Waals surface area contributed by atoms with Gasteiger partial charge < -0.3 is 10.2 Å². The van der Waals surface area contributed by atoms with Crippen LogP contribution in [0.15, 0.2) is 53.0 Å². The lowest BCUT2D eigenvalue weighted by Gasteiger charge is -2.17. The molecule has 0 spiro atoms. The van der Waals surface area contributed by atoms with Crippen LogP contribution in [0.1, 0.15) is 5.56 Å². The van der Waals surface area contributed by atoms with Gasteiger partial charge in [-0.3, -0.25) is 0 Å². The topological polar surface area (TPSA) is 15.3 Å². The third kappa shape index (κ3) is 4.62. The van der Waals surface area contributed by atoms with E-state index in [0.29, 0.717) is 6.54 Å². The molecule has 106 valence electrons. The van der Waals surface area contributed by atoms with Crippen molar-refractivity contribution in [2.75, 3.05) is 25.5 Å². The Kier molecular flexibility index (Phi) is 5.56. The fraction of sp³-hybridized carbons (Fsp3) is 0.250. The van der Waals surface area contributed by atoms with E-state index < -0.39 is 0 Å². The van der Waals surface area contributed by atoms with E-state index in [1.165, 1.54) is 6.07 Å². The number of nitrogens with zero attached hydrogens (tertiary/aromatic N) is 1. The van der Waals surface area contributed by atoms with Crippen molar-refractivity contribution in [3.8, 4) is 0 Å². The largest absolute Gasteiger partial charge is 0.384 e. The molecule has 4 heteroatoms. The van der Waals surface area contributed by atoms with Crippen LogP contribution in [0.25, 0.3) is 0 Å². The molecule has 2 aromatic rings. The predicted octanol–water partition coefficient (Wildman–Crippen LogP) is 4.13. The Hall–Kier alpha value is -1.39. The molecule has 2 aromatic carbocycles. The third-order valence-corrected chi connectivity index (χ3v) is 3.54. The molecule has 0 radical (unpaired) electrons. The maximum atomic E-state index is 13.5. The van der Waals surface area contributed by atoms with Crippen molar-refractivity contribution in [1.29, 1.82) is 0 Å². The summed E-state index contributed by atoms with van der Waals surface area (Å²) in [6, 6.07) is 15.0. The van der Waals surface area contributed by atoms with Crippen LogP contribution in [0.2, 0.25) is 0 Å². The van der Waals surface area contributed by atoms with Crippen LogP contribution in [-0.2, 0) is 6.54 Å². The summed E-state index contributed by atoms with van der Waals surface area (Å²) in [7, 11) is 2.00. The molecule has 2 rings (SSSR count). The highest BCUT2D eigenvalue weighted by Crippen LogP contribution is 2.15. The van der Waals surface area contributed by atoms with Crippen LogP contribution in [0, 0.1) is 5.82 Å². The van der Waals surface area contributed by atoms with Crippen molar-refractivity contribution in [3.05, 3.63) is 64.4 Å². The Labute approximate surface area is 127 Å². The first-order chi connectivity index (χ1) is 9.65. The molecule has 0 heterocycles. The Bertz CT molecular complexity index is 560. The lowest BCUT2D eigenvalue weighted by Crippen LogP contribution is -2.25. The van der Waals surface area contributed by atoms with E-state index in [9.17, 15) is 4.39 Å². The van der Waals surface area contributed by atoms with Crippen molar-refractivity contribution in [2.24, 2.45) is 0 Å². The standard InChI is InChI=1S/C16H18BrFN2/c1-20(12-13-5-2-3-8-16(13)18)10-9-19-15-7-4-6-14(17)11-15/h2-8,11,19H,9-10,12H2,1H3. The minimum atomic E-state index is -0.140. The zero-order valence-corrected chi connectivity index (χ0v) is 13.0. The highest BCUT2D eigenvalue weighted by Gasteiger charge is 2.04. The number of anilines is 1. The van der Waals surface area contributed by atoms with Gasteiger partial charge in [-0.1, -0.05) is 40.2 Å². The summed E-state index contributed by atoms with van der Waals surface area (Å²) in [5, 5.41) is 3.35. The van der Waals surface area contributed by atoms with E-state index in [0.717, 1.165) is 28.8 Å². The Balaban J connectivity index is 1.78. The van der Waals surface area contributed by atoms with Crippen LogP contribution in [0.4, 0.5) is 10.1 Å². The summed E-state index contributed by atoms with van der Waals surface area (Å²) in [6.07, 6.45) is 0. The van der Waals surface area contributed by atoms with Crippen LogP contribution in [-0.4, -0.2) is 25.0 Å². The zero-order valence-electron chi connectivity index (χ0n) is 11.4. The molecule has 1 N–H and O–H groups in total. The maximum Gasteiger partial charge on any atom is 0.127 e. The molecule has 0 saturated carbocycles. The number of hydrogen-bond donors (Lipinski definition) is 1. The van der Waals surface area contributed by atoms with Crippen molar-refractivity contribution in [3.63, 3.8) is 0 Å². The van der Waals surface area contributed by atoms with Gasteiger partial charge >= 0.3 is 0 Å². The van der Waals surface area contributed by atoms with E-state index >= 15 is 0 Å². The maximum absolute atomic E-state index is 13.5. The zero-order chi connectivity index (χ0) is 14.4. The predicted molar refractivity (Wildman–Crippen MR) is 85.4 cm³/mol. The van der Waals surface area contributed by atoms with Gasteiger partial charge in [-0.2, -0.15) is 0 Å². The second-order valence-corrected chi connectivity index (χ2v) is 5.68. The van der Waals surface area contributed by atoms with E-state index in [1.54, 1.807) is 6.07 Å². The molecule has 0 saturated heterocycles. The number of nitrogens with one attached hydrogen (secondary N) is 1. The first kappa shape index (κ1) is 15.0. The van der Waals surface area contributed by atoms with Crippen LogP contribution in [0.3, 0.4) is 0 Å². The fourth-order valence-corrected chi connectivity index (χ4v) is 2.39. The highest BCUT2D eigenvalue weighted by atomic mass is 79.9. The quantitative estimate of drug-likeness (QED) is 0.853. The molecular formula is C16H18BrFN2. The third-order valence-electron chi connectivity index (χ3n) is 3.05. The molecule has 0 atom stereocenters. The molecule has 0 aromatic heterocycles. The van der Waals surface area contributed by atoms with Crippen LogP contribution >= 0.6 is 15.9 Å². The molecule has 0 aliphatic heterocycles. The molecule has 0 aliphatic rings. The van der Waals surface area contributed by atoms with Gasteiger partial charge in [0.25, 0.3) is 0 Å². The van der Waals surface area contributed by atoms with Crippen molar-refractivity contribution >= 4 is 21.6 Å². The second kappa shape index (κ2) is 7.41. The van der Waals surface area contributed by atoms with Gasteiger partial charge in [0.2, 0.25) is 0 Å². The average Bonchev–Trinajstić information content (AvgIpc) is 2.41. The Morgan fingerprint density at radius 2 is 1.95 bits per heavy atom. The average molecular weight is 337 g/mol. The van der Waals surface area contributed by atoms with Crippen molar-refractivity contribution in [1.82, 2.24) is 4.90 Å². The first-order valence-electron chi connectivity index (χ1n) is 6.56. The summed E-state index contributed by atoms with van der Waals surface area (Å²) < 4.78 is 14.6. The van der Waals surface area contributed by atoms with Crippen molar-refractivity contribution in [2.45, 2.75) is 6.54 Å². The summed E-state index contributed by atoms with van der Waals surface area (Å²) in [5.74, 6) is -0.140. The van der Waals surface area contributed by atoms with Gasteiger partial charge in [-0.15, -0.1) is 0 Å². The fourth-order valence-electron chi connectivity index (χ4n) is 1.99. The molecule has 2 nitrogen and oxygen atoms in total. The summed E-state index contributed by atoms with van der Waals surface area (Å²) in [6.45, 7) is 2.29. The Morgan fingerprint density at radius 1 is 1.15 bits per heavy atom. The number of likely N-dealkylation sites (N-methyl/N-ethyl adjacent to an activating group) is 1. The molecule has 0 unspecified atom stereocenters. The monoisotopic (exact) mass is 336 g/mol. The minimum Gasteiger partial charge on any atom is -0.384 e. The van der Waals surface area contributed by atoms with E-state index in [1.807, 2.05) is 43.4 Å². The number of hydrogen-bond acceptors (Lipinski definition) is 2. The number of benzene rings is 2. The van der Waals surface area contributed by atoms with Gasteiger partial charge in [0.05, 0.1) is 0 Å². The minimum absolute atomic E-state index is 0.140. The smallest absolute Gasteiger partial charge is 0.127 e. The first-order valence-corrected chi connectivity index (χ1v) is 7.36. The SMILES string of the molecule is CN(CCNc1cccc(Br)c1)Cc1ccccc1F. The van der Waals surface area contributed by atoms with Gasteiger partial charge in [0, 0.05) is 35.4 Å². The molecule has 20 heavy (non-hydrogen) atoms. The van der Waals surface area contributed by atoms with Crippen molar-refractivity contribution < 1.29 is 4.39 Å². The van der Waals surface area contributed by atoms with Gasteiger partial charge in [-0.05, 0) is 31.3 Å². The molecule has 0 fully saturated rings. The molecular weight excluding hydrogens is 319 g/mol. The van der Waals surface area contributed by atoms with Gasteiger partial charge in [0.15, 0.2) is 0 Å². The van der Waals surface area contributed by atoms with E-state index in [2.05, 4.69) is 26.1 Å².